The van der Waals surface area contributed by atoms with E-state index in [2.05, 4.69) is 4.72 Å². The molecule has 0 aliphatic rings. The zero-order valence-electron chi connectivity index (χ0n) is 14.2. The second kappa shape index (κ2) is 8.64. The van der Waals surface area contributed by atoms with Gasteiger partial charge in [0.1, 0.15) is 12.4 Å². The van der Waals surface area contributed by atoms with Gasteiger partial charge in [-0.25, -0.2) is 17.9 Å². The number of nitrogens with one attached hydrogen (secondary N) is 1. The van der Waals surface area contributed by atoms with Crippen molar-refractivity contribution >= 4 is 16.0 Å². The summed E-state index contributed by atoms with van der Waals surface area (Å²) < 4.78 is 37.5. The normalized spacial score (nSPS) is 11.1. The van der Waals surface area contributed by atoms with Crippen LogP contribution in [0.15, 0.2) is 53.4 Å². The molecule has 2 aromatic rings. The number of benzene rings is 2. The molecule has 134 valence electrons. The number of carbonyl (C=O) groups is 1. The molecular weight excluding hydrogens is 342 g/mol. The van der Waals surface area contributed by atoms with Gasteiger partial charge in [0.2, 0.25) is 10.0 Å². The number of para-hydroxylation sites is 1. The number of sulfonamides is 1. The Bertz CT molecular complexity index is 833. The van der Waals surface area contributed by atoms with E-state index in [9.17, 15) is 13.2 Å². The molecule has 0 radical (unpaired) electrons. The molecule has 0 unspecified atom stereocenters. The molecule has 0 fully saturated rings. The summed E-state index contributed by atoms with van der Waals surface area (Å²) >= 11 is 0. The van der Waals surface area contributed by atoms with Gasteiger partial charge in [-0.15, -0.1) is 0 Å². The fraction of sp³-hybridized carbons (Fsp3) is 0.278. The number of carbonyl (C=O) groups excluding carboxylic acids is 1. The van der Waals surface area contributed by atoms with Gasteiger partial charge >= 0.3 is 5.97 Å². The van der Waals surface area contributed by atoms with Crippen LogP contribution in [-0.4, -0.2) is 34.1 Å². The van der Waals surface area contributed by atoms with Crippen LogP contribution in [0, 0.1) is 6.92 Å². The highest BCUT2D eigenvalue weighted by Gasteiger charge is 2.16. The largest absolute Gasteiger partial charge is 0.492 e. The first-order valence-electron chi connectivity index (χ1n) is 7.89. The number of ether oxygens (including phenoxy) is 2. The monoisotopic (exact) mass is 363 g/mol. The molecule has 0 amide bonds. The maximum atomic E-state index is 12.3. The van der Waals surface area contributed by atoms with E-state index in [0.29, 0.717) is 5.75 Å². The number of hydrogen-bond donors (Lipinski definition) is 1. The highest BCUT2D eigenvalue weighted by Crippen LogP contribution is 2.16. The lowest BCUT2D eigenvalue weighted by Gasteiger charge is -2.10. The molecule has 0 bridgehead atoms. The average molecular weight is 363 g/mol. The van der Waals surface area contributed by atoms with Crippen LogP contribution in [0.5, 0.6) is 5.75 Å². The summed E-state index contributed by atoms with van der Waals surface area (Å²) in [5, 5.41) is 0. The molecule has 25 heavy (non-hydrogen) atoms. The van der Waals surface area contributed by atoms with E-state index in [1.54, 1.807) is 6.92 Å². The van der Waals surface area contributed by atoms with Crippen molar-refractivity contribution in [2.75, 3.05) is 19.8 Å². The molecule has 6 nitrogen and oxygen atoms in total. The van der Waals surface area contributed by atoms with Gasteiger partial charge in [0.05, 0.1) is 17.1 Å². The third-order valence-electron chi connectivity index (χ3n) is 3.40. The van der Waals surface area contributed by atoms with Gasteiger partial charge in [0.25, 0.3) is 0 Å². The van der Waals surface area contributed by atoms with Crippen molar-refractivity contribution in [3.8, 4) is 5.75 Å². The first kappa shape index (κ1) is 19.0. The van der Waals surface area contributed by atoms with Gasteiger partial charge < -0.3 is 9.47 Å². The van der Waals surface area contributed by atoms with Crippen LogP contribution in [0.3, 0.4) is 0 Å². The molecule has 7 heteroatoms. The highest BCUT2D eigenvalue weighted by atomic mass is 32.2. The Morgan fingerprint density at radius 3 is 2.60 bits per heavy atom. The molecular formula is C18H21NO5S. The van der Waals surface area contributed by atoms with E-state index in [-0.39, 0.29) is 30.2 Å². The Morgan fingerprint density at radius 1 is 1.12 bits per heavy atom. The zero-order valence-corrected chi connectivity index (χ0v) is 15.0. The Labute approximate surface area is 147 Å². The van der Waals surface area contributed by atoms with Crippen LogP contribution in [0.2, 0.25) is 0 Å². The summed E-state index contributed by atoms with van der Waals surface area (Å²) in [6, 6.07) is 13.2. The zero-order chi connectivity index (χ0) is 18.3. The summed E-state index contributed by atoms with van der Waals surface area (Å²) in [4.78, 5) is 11.7. The summed E-state index contributed by atoms with van der Waals surface area (Å²) in [6.07, 6.45) is 0. The van der Waals surface area contributed by atoms with Gasteiger partial charge in [-0.1, -0.05) is 24.3 Å². The molecule has 0 atom stereocenters. The predicted molar refractivity (Wildman–Crippen MR) is 94.3 cm³/mol. The highest BCUT2D eigenvalue weighted by molar-refractivity contribution is 7.89. The van der Waals surface area contributed by atoms with Crippen LogP contribution in [0.25, 0.3) is 0 Å². The van der Waals surface area contributed by atoms with Gasteiger partial charge in [-0.3, -0.25) is 0 Å². The third-order valence-corrected chi connectivity index (χ3v) is 4.86. The molecule has 2 rings (SSSR count). The van der Waals surface area contributed by atoms with Crippen LogP contribution >= 0.6 is 0 Å². The number of esters is 1. The summed E-state index contributed by atoms with van der Waals surface area (Å²) in [5.74, 6) is 0.161. The lowest BCUT2D eigenvalue weighted by Crippen LogP contribution is -2.28. The Morgan fingerprint density at radius 2 is 1.88 bits per heavy atom. The minimum Gasteiger partial charge on any atom is -0.492 e. The molecule has 0 aliphatic heterocycles. The lowest BCUT2D eigenvalue weighted by molar-refractivity contribution is 0.0526. The van der Waals surface area contributed by atoms with Crippen LogP contribution in [-0.2, 0) is 14.8 Å². The quantitative estimate of drug-likeness (QED) is 0.576. The van der Waals surface area contributed by atoms with Gasteiger partial charge in [0.15, 0.2) is 0 Å². The van der Waals surface area contributed by atoms with Crippen molar-refractivity contribution in [1.29, 1.82) is 0 Å². The number of hydrogen-bond acceptors (Lipinski definition) is 5. The SMILES string of the molecule is CCOC(=O)c1cccc(S(=O)(=O)NCCOc2ccccc2C)c1. The number of aryl methyl sites for hydroxylation is 1. The maximum absolute atomic E-state index is 12.3. The van der Waals surface area contributed by atoms with Crippen molar-refractivity contribution < 1.29 is 22.7 Å². The maximum Gasteiger partial charge on any atom is 0.338 e. The molecule has 0 saturated carbocycles. The summed E-state index contributed by atoms with van der Waals surface area (Å²) in [5.41, 5.74) is 1.17. The minimum atomic E-state index is -3.73. The van der Waals surface area contributed by atoms with Crippen molar-refractivity contribution in [3.63, 3.8) is 0 Å². The van der Waals surface area contributed by atoms with E-state index < -0.39 is 16.0 Å². The third kappa shape index (κ3) is 5.30. The van der Waals surface area contributed by atoms with Crippen molar-refractivity contribution in [2.24, 2.45) is 0 Å². The summed E-state index contributed by atoms with van der Waals surface area (Å²) in [6.45, 7) is 4.14. The molecule has 0 heterocycles. The van der Waals surface area contributed by atoms with E-state index in [1.807, 2.05) is 31.2 Å². The molecule has 0 aliphatic carbocycles. The van der Waals surface area contributed by atoms with Crippen molar-refractivity contribution in [1.82, 2.24) is 4.72 Å². The predicted octanol–water partition coefficient (Wildman–Crippen LogP) is 2.53. The molecule has 2 aromatic carbocycles. The fourth-order valence-electron chi connectivity index (χ4n) is 2.14. The Balaban J connectivity index is 1.96. The van der Waals surface area contributed by atoms with E-state index in [4.69, 9.17) is 9.47 Å². The smallest absolute Gasteiger partial charge is 0.338 e. The first-order chi connectivity index (χ1) is 11.9. The van der Waals surface area contributed by atoms with E-state index in [0.717, 1.165) is 5.56 Å². The molecule has 1 N–H and O–H groups in total. The van der Waals surface area contributed by atoms with Crippen LogP contribution < -0.4 is 9.46 Å². The average Bonchev–Trinajstić information content (AvgIpc) is 2.60. The van der Waals surface area contributed by atoms with Gasteiger partial charge in [0, 0.05) is 6.54 Å². The lowest BCUT2D eigenvalue weighted by atomic mass is 10.2. The van der Waals surface area contributed by atoms with Gasteiger partial charge in [-0.05, 0) is 43.7 Å². The van der Waals surface area contributed by atoms with Crippen LogP contribution in [0.1, 0.15) is 22.8 Å². The molecule has 0 spiro atoms. The molecule has 0 aromatic heterocycles. The van der Waals surface area contributed by atoms with E-state index >= 15 is 0 Å². The van der Waals surface area contributed by atoms with E-state index in [1.165, 1.54) is 24.3 Å². The van der Waals surface area contributed by atoms with Gasteiger partial charge in [-0.2, -0.15) is 0 Å². The minimum absolute atomic E-state index is 0.00828. The van der Waals surface area contributed by atoms with Crippen molar-refractivity contribution in [2.45, 2.75) is 18.7 Å². The Hall–Kier alpha value is -2.38. The fourth-order valence-corrected chi connectivity index (χ4v) is 3.20. The summed E-state index contributed by atoms with van der Waals surface area (Å²) in [7, 11) is -3.73. The van der Waals surface area contributed by atoms with Crippen LogP contribution in [0.4, 0.5) is 0 Å². The second-order valence-corrected chi connectivity index (χ2v) is 7.03. The number of rotatable bonds is 8. The topological polar surface area (TPSA) is 81.7 Å². The molecule has 0 saturated heterocycles. The van der Waals surface area contributed by atoms with Crippen molar-refractivity contribution in [3.05, 3.63) is 59.7 Å². The Kier molecular flexibility index (Phi) is 6.55. The first-order valence-corrected chi connectivity index (χ1v) is 9.37. The second-order valence-electron chi connectivity index (χ2n) is 5.26. The standard InChI is InChI=1S/C18H21NO5S/c1-3-23-18(20)15-8-6-9-16(13-15)25(21,22)19-11-12-24-17-10-5-4-7-14(17)2/h4-10,13,19H,3,11-12H2,1-2H3.